The number of alkyl halides is 3. The fraction of sp³-hybridized carbons (Fsp3) is 0.167. The summed E-state index contributed by atoms with van der Waals surface area (Å²) < 4.78 is 51.1. The van der Waals surface area contributed by atoms with Gasteiger partial charge in [-0.25, -0.2) is 9.37 Å². The zero-order valence-electron chi connectivity index (χ0n) is 10.7. The van der Waals surface area contributed by atoms with Crippen molar-refractivity contribution in [2.75, 3.05) is 5.73 Å². The third kappa shape index (κ3) is 3.66. The molecule has 0 aliphatic carbocycles. The van der Waals surface area contributed by atoms with Crippen LogP contribution in [0.2, 0.25) is 5.02 Å². The van der Waals surface area contributed by atoms with Gasteiger partial charge in [0, 0.05) is 11.6 Å². The van der Waals surface area contributed by atoms with Crippen molar-refractivity contribution in [2.45, 2.75) is 12.7 Å². The highest BCUT2D eigenvalue weighted by molar-refractivity contribution is 7.17. The molecule has 0 saturated carbocycles. The van der Waals surface area contributed by atoms with E-state index in [0.29, 0.717) is 16.9 Å². The van der Waals surface area contributed by atoms with E-state index in [1.54, 1.807) is 0 Å². The number of rotatable bonds is 3. The highest BCUT2D eigenvalue weighted by Gasteiger charge is 2.39. The van der Waals surface area contributed by atoms with E-state index in [1.807, 2.05) is 0 Å². The number of hydrogen-bond acceptors (Lipinski definition) is 4. The van der Waals surface area contributed by atoms with Gasteiger partial charge in [-0.2, -0.15) is 13.2 Å². The van der Waals surface area contributed by atoms with Crippen LogP contribution >= 0.6 is 22.9 Å². The fourth-order valence-corrected chi connectivity index (χ4v) is 2.61. The monoisotopic (exact) mass is 353 g/mol. The van der Waals surface area contributed by atoms with Gasteiger partial charge in [0.05, 0.1) is 0 Å². The molecular weight excluding hydrogens is 346 g/mol. The van der Waals surface area contributed by atoms with Gasteiger partial charge >= 0.3 is 6.18 Å². The Bertz CT molecular complexity index is 717. The number of benzene rings is 1. The summed E-state index contributed by atoms with van der Waals surface area (Å²) in [6.07, 6.45) is -4.78. The zero-order valence-corrected chi connectivity index (χ0v) is 12.2. The Morgan fingerprint density at radius 3 is 2.68 bits per heavy atom. The van der Waals surface area contributed by atoms with E-state index < -0.39 is 28.5 Å². The van der Waals surface area contributed by atoms with E-state index in [4.69, 9.17) is 17.3 Å². The average Bonchev–Trinajstić information content (AvgIpc) is 2.79. The Morgan fingerprint density at radius 1 is 1.41 bits per heavy atom. The summed E-state index contributed by atoms with van der Waals surface area (Å²) in [4.78, 5) is 14.3. The first-order chi connectivity index (χ1) is 10.2. The molecule has 0 unspecified atom stereocenters. The number of hydrogen-bond donors (Lipinski definition) is 2. The topological polar surface area (TPSA) is 68.0 Å². The van der Waals surface area contributed by atoms with Crippen LogP contribution in [0.25, 0.3) is 0 Å². The van der Waals surface area contributed by atoms with Crippen LogP contribution in [0.4, 0.5) is 22.7 Å². The maximum absolute atomic E-state index is 12.9. The Morgan fingerprint density at radius 2 is 2.09 bits per heavy atom. The first-order valence-electron chi connectivity index (χ1n) is 5.74. The molecule has 22 heavy (non-hydrogen) atoms. The van der Waals surface area contributed by atoms with Gasteiger partial charge in [0.25, 0.3) is 5.91 Å². The predicted octanol–water partition coefficient (Wildman–Crippen LogP) is 3.47. The molecule has 0 spiro atoms. The van der Waals surface area contributed by atoms with Gasteiger partial charge in [0.1, 0.15) is 10.7 Å². The maximum Gasteiger partial charge on any atom is 0.435 e. The van der Waals surface area contributed by atoms with Gasteiger partial charge in [-0.1, -0.05) is 29.0 Å². The van der Waals surface area contributed by atoms with Crippen molar-refractivity contribution in [1.29, 1.82) is 0 Å². The standard InChI is InChI=1S/C12H8ClF4N3OS/c13-7-3-6(14)2-1-5(7)4-19-10(21)8-9(12(15,16)17)20-11(18)22-8/h1-3H,4H2,(H2,18,20)(H,19,21). The van der Waals surface area contributed by atoms with Crippen molar-refractivity contribution in [3.8, 4) is 0 Å². The minimum Gasteiger partial charge on any atom is -0.375 e. The van der Waals surface area contributed by atoms with Gasteiger partial charge < -0.3 is 11.1 Å². The van der Waals surface area contributed by atoms with Gasteiger partial charge in [0.15, 0.2) is 10.8 Å². The van der Waals surface area contributed by atoms with Crippen molar-refractivity contribution in [1.82, 2.24) is 10.3 Å². The lowest BCUT2D eigenvalue weighted by Crippen LogP contribution is -2.25. The predicted molar refractivity (Wildman–Crippen MR) is 74.1 cm³/mol. The molecule has 0 radical (unpaired) electrons. The number of nitrogen functional groups attached to an aromatic ring is 1. The summed E-state index contributed by atoms with van der Waals surface area (Å²) in [6.45, 7) is -0.160. The molecule has 1 aromatic heterocycles. The number of nitrogens with two attached hydrogens (primary N) is 1. The molecule has 1 amide bonds. The Balaban J connectivity index is 2.16. The first kappa shape index (κ1) is 16.5. The number of halogens is 5. The Hall–Kier alpha value is -1.87. The van der Waals surface area contributed by atoms with E-state index in [-0.39, 0.29) is 16.7 Å². The normalized spacial score (nSPS) is 11.5. The molecule has 1 aromatic carbocycles. The summed E-state index contributed by atoms with van der Waals surface area (Å²) >= 11 is 6.20. The van der Waals surface area contributed by atoms with E-state index in [2.05, 4.69) is 10.3 Å². The molecule has 0 saturated heterocycles. The van der Waals surface area contributed by atoms with Crippen LogP contribution in [0.15, 0.2) is 18.2 Å². The number of nitrogens with one attached hydrogen (secondary N) is 1. The molecule has 0 bridgehead atoms. The largest absolute Gasteiger partial charge is 0.435 e. The number of carbonyl (C=O) groups excluding carboxylic acids is 1. The number of anilines is 1. The average molecular weight is 354 g/mol. The highest BCUT2D eigenvalue weighted by atomic mass is 35.5. The number of carbonyl (C=O) groups is 1. The van der Waals surface area contributed by atoms with E-state index in [9.17, 15) is 22.4 Å². The third-order valence-corrected chi connectivity index (χ3v) is 3.81. The molecule has 1 heterocycles. The lowest BCUT2D eigenvalue weighted by Gasteiger charge is -2.08. The molecule has 0 aliphatic rings. The number of amides is 1. The Kier molecular flexibility index (Phi) is 4.57. The van der Waals surface area contributed by atoms with Gasteiger partial charge in [-0.15, -0.1) is 0 Å². The summed E-state index contributed by atoms with van der Waals surface area (Å²) in [5, 5.41) is 1.96. The van der Waals surface area contributed by atoms with E-state index >= 15 is 0 Å². The molecule has 2 aromatic rings. The Labute approximate surface area is 130 Å². The van der Waals surface area contributed by atoms with E-state index in [1.165, 1.54) is 6.07 Å². The molecule has 10 heteroatoms. The van der Waals surface area contributed by atoms with Crippen molar-refractivity contribution in [2.24, 2.45) is 0 Å². The SMILES string of the molecule is Nc1nc(C(F)(F)F)c(C(=O)NCc2ccc(F)cc2Cl)s1. The maximum atomic E-state index is 12.9. The third-order valence-electron chi connectivity index (χ3n) is 2.57. The van der Waals surface area contributed by atoms with Gasteiger partial charge in [-0.05, 0) is 17.7 Å². The van der Waals surface area contributed by atoms with Crippen LogP contribution in [-0.4, -0.2) is 10.9 Å². The number of thiazole rings is 1. The summed E-state index contributed by atoms with van der Waals surface area (Å²) in [7, 11) is 0. The molecule has 2 rings (SSSR count). The highest BCUT2D eigenvalue weighted by Crippen LogP contribution is 2.35. The van der Waals surface area contributed by atoms with Crippen molar-refractivity contribution >= 4 is 34.0 Å². The second-order valence-corrected chi connectivity index (χ2v) is 5.58. The molecule has 0 fully saturated rings. The van der Waals surface area contributed by atoms with Crippen LogP contribution in [0.1, 0.15) is 20.9 Å². The molecule has 3 N–H and O–H groups in total. The van der Waals surface area contributed by atoms with Crippen LogP contribution in [-0.2, 0) is 12.7 Å². The minimum absolute atomic E-state index is 0.0557. The number of aromatic nitrogens is 1. The van der Waals surface area contributed by atoms with E-state index in [0.717, 1.165) is 12.1 Å². The first-order valence-corrected chi connectivity index (χ1v) is 6.93. The molecule has 0 aliphatic heterocycles. The molecule has 4 nitrogen and oxygen atoms in total. The molecule has 118 valence electrons. The van der Waals surface area contributed by atoms with Crippen LogP contribution < -0.4 is 11.1 Å². The van der Waals surface area contributed by atoms with Crippen LogP contribution in [0, 0.1) is 5.82 Å². The molecule has 0 atom stereocenters. The van der Waals surface area contributed by atoms with Crippen molar-refractivity contribution in [3.63, 3.8) is 0 Å². The summed E-state index contributed by atoms with van der Waals surface area (Å²) in [5.41, 5.74) is 4.25. The van der Waals surface area contributed by atoms with Gasteiger partial charge in [-0.3, -0.25) is 4.79 Å². The van der Waals surface area contributed by atoms with Gasteiger partial charge in [0.2, 0.25) is 0 Å². The second kappa shape index (κ2) is 6.09. The lowest BCUT2D eigenvalue weighted by molar-refractivity contribution is -0.141. The number of nitrogens with zero attached hydrogens (tertiary/aromatic N) is 1. The van der Waals surface area contributed by atoms with Crippen LogP contribution in [0.3, 0.4) is 0 Å². The van der Waals surface area contributed by atoms with Crippen molar-refractivity contribution < 1.29 is 22.4 Å². The fourth-order valence-electron chi connectivity index (χ4n) is 1.60. The zero-order chi connectivity index (χ0) is 16.5. The summed E-state index contributed by atoms with van der Waals surface area (Å²) in [6, 6.07) is 3.48. The molecular formula is C12H8ClF4N3OS. The van der Waals surface area contributed by atoms with Crippen LogP contribution in [0.5, 0.6) is 0 Å². The minimum atomic E-state index is -4.78. The summed E-state index contributed by atoms with van der Waals surface area (Å²) in [5.74, 6) is -1.54. The second-order valence-electron chi connectivity index (χ2n) is 4.15. The smallest absolute Gasteiger partial charge is 0.375 e. The van der Waals surface area contributed by atoms with Crippen molar-refractivity contribution in [3.05, 3.63) is 45.2 Å². The lowest BCUT2D eigenvalue weighted by atomic mass is 10.2. The quantitative estimate of drug-likeness (QED) is 0.830.